The van der Waals surface area contributed by atoms with Crippen molar-refractivity contribution in [1.29, 1.82) is 0 Å². The van der Waals surface area contributed by atoms with Crippen LogP contribution in [-0.4, -0.2) is 11.6 Å². The van der Waals surface area contributed by atoms with Gasteiger partial charge in [-0.25, -0.2) is 0 Å². The lowest BCUT2D eigenvalue weighted by Gasteiger charge is -2.14. The Morgan fingerprint density at radius 1 is 1.30 bits per heavy atom. The fraction of sp³-hybridized carbons (Fsp3) is 0.357. The Morgan fingerprint density at radius 3 is 2.60 bits per heavy atom. The number of ether oxygens (including phenoxy) is 1. The van der Waals surface area contributed by atoms with E-state index in [-0.39, 0.29) is 22.2 Å². The summed E-state index contributed by atoms with van der Waals surface area (Å²) in [5, 5.41) is 0.198. The number of hydrogen-bond acceptors (Lipinski definition) is 2. The summed E-state index contributed by atoms with van der Waals surface area (Å²) in [4.78, 5) is 14.3. The van der Waals surface area contributed by atoms with Crippen molar-refractivity contribution < 1.29 is 17.9 Å². The molecule has 3 nitrogen and oxygen atoms in total. The van der Waals surface area contributed by atoms with E-state index in [4.69, 9.17) is 4.74 Å². The Labute approximate surface area is 113 Å². The lowest BCUT2D eigenvalue weighted by atomic mass is 10.1. The third kappa shape index (κ3) is 2.50. The molecule has 108 valence electrons. The van der Waals surface area contributed by atoms with Gasteiger partial charge in [-0.3, -0.25) is 4.79 Å². The highest BCUT2D eigenvalue weighted by Gasteiger charge is 2.35. The van der Waals surface area contributed by atoms with Crippen LogP contribution in [0.3, 0.4) is 0 Å². The van der Waals surface area contributed by atoms with E-state index >= 15 is 0 Å². The summed E-state index contributed by atoms with van der Waals surface area (Å²) in [6.45, 7) is 3.43. The molecule has 0 fully saturated rings. The van der Waals surface area contributed by atoms with Crippen molar-refractivity contribution in [2.24, 2.45) is 0 Å². The molecule has 0 amide bonds. The molecule has 0 atom stereocenters. The van der Waals surface area contributed by atoms with Gasteiger partial charge in [0.2, 0.25) is 0 Å². The van der Waals surface area contributed by atoms with Crippen LogP contribution in [-0.2, 0) is 6.18 Å². The zero-order valence-corrected chi connectivity index (χ0v) is 11.1. The van der Waals surface area contributed by atoms with Crippen molar-refractivity contribution in [2.75, 3.05) is 6.61 Å². The fourth-order valence-corrected chi connectivity index (χ4v) is 2.00. The van der Waals surface area contributed by atoms with E-state index in [0.29, 0.717) is 6.61 Å². The lowest BCUT2D eigenvalue weighted by Crippen LogP contribution is -2.19. The summed E-state index contributed by atoms with van der Waals surface area (Å²) < 4.78 is 44.2. The molecule has 1 heterocycles. The largest absolute Gasteiger partial charge is 0.491 e. The highest BCUT2D eigenvalue weighted by molar-refractivity contribution is 5.85. The van der Waals surface area contributed by atoms with Gasteiger partial charge in [-0.2, -0.15) is 13.2 Å². The van der Waals surface area contributed by atoms with Gasteiger partial charge in [-0.1, -0.05) is 13.0 Å². The maximum absolute atomic E-state index is 12.9. The number of para-hydroxylation sites is 1. The van der Waals surface area contributed by atoms with Crippen LogP contribution >= 0.6 is 0 Å². The summed E-state index contributed by atoms with van der Waals surface area (Å²) in [7, 11) is 0. The topological polar surface area (TPSA) is 42.1 Å². The van der Waals surface area contributed by atoms with Crippen LogP contribution < -0.4 is 10.2 Å². The molecule has 1 N–H and O–H groups in total. The van der Waals surface area contributed by atoms with Crippen LogP contribution in [0.2, 0.25) is 0 Å². The zero-order chi connectivity index (χ0) is 14.9. The molecular formula is C14H14F3NO2. The van der Waals surface area contributed by atoms with Gasteiger partial charge in [0.25, 0.3) is 0 Å². The van der Waals surface area contributed by atoms with Crippen LogP contribution in [0.25, 0.3) is 10.9 Å². The second kappa shape index (κ2) is 5.19. The number of H-pyrrole nitrogens is 1. The average molecular weight is 285 g/mol. The molecule has 0 spiro atoms. The van der Waals surface area contributed by atoms with Crippen molar-refractivity contribution in [3.05, 3.63) is 39.7 Å². The predicted octanol–water partition coefficient (Wildman–Crippen LogP) is 3.64. The molecule has 0 unspecified atom stereocenters. The Morgan fingerprint density at radius 2 is 2.00 bits per heavy atom. The number of aromatic nitrogens is 1. The number of fused-ring (bicyclic) bond motifs is 1. The number of aromatic amines is 1. The minimum absolute atomic E-state index is 0.0869. The van der Waals surface area contributed by atoms with Crippen molar-refractivity contribution in [1.82, 2.24) is 4.98 Å². The van der Waals surface area contributed by atoms with E-state index in [0.717, 1.165) is 6.42 Å². The Hall–Kier alpha value is -1.98. The number of rotatable bonds is 3. The summed E-state index contributed by atoms with van der Waals surface area (Å²) in [5.74, 6) is 0.256. The maximum Gasteiger partial charge on any atom is 0.431 e. The first-order chi connectivity index (χ1) is 9.36. The third-order valence-electron chi connectivity index (χ3n) is 2.98. The summed E-state index contributed by atoms with van der Waals surface area (Å²) >= 11 is 0. The lowest BCUT2D eigenvalue weighted by molar-refractivity contribution is -0.141. The molecule has 0 saturated heterocycles. The van der Waals surface area contributed by atoms with E-state index in [9.17, 15) is 18.0 Å². The summed E-state index contributed by atoms with van der Waals surface area (Å²) in [5.41, 5.74) is -1.91. The molecule has 0 aliphatic carbocycles. The molecule has 1 aromatic carbocycles. The first-order valence-corrected chi connectivity index (χ1v) is 6.21. The second-order valence-corrected chi connectivity index (χ2v) is 4.48. The van der Waals surface area contributed by atoms with Crippen LogP contribution in [0, 0.1) is 6.92 Å². The zero-order valence-electron chi connectivity index (χ0n) is 11.1. The minimum atomic E-state index is -4.60. The molecule has 2 rings (SSSR count). The molecular weight excluding hydrogens is 271 g/mol. The quantitative estimate of drug-likeness (QED) is 0.935. The molecule has 6 heteroatoms. The first-order valence-electron chi connectivity index (χ1n) is 6.21. The predicted molar refractivity (Wildman–Crippen MR) is 70.1 cm³/mol. The number of halogens is 3. The molecule has 0 aliphatic heterocycles. The van der Waals surface area contributed by atoms with Gasteiger partial charge < -0.3 is 9.72 Å². The van der Waals surface area contributed by atoms with Gasteiger partial charge in [0, 0.05) is 10.9 Å². The SMILES string of the molecule is CCCOc1cccc2c(=O)c(C)c(C(F)(F)F)[nH]c12. The van der Waals surface area contributed by atoms with Gasteiger partial charge >= 0.3 is 6.18 Å². The van der Waals surface area contributed by atoms with E-state index < -0.39 is 17.3 Å². The molecule has 0 aliphatic rings. The van der Waals surface area contributed by atoms with Gasteiger partial charge in [0.1, 0.15) is 11.4 Å². The molecule has 0 radical (unpaired) electrons. The Bertz CT molecular complexity index is 689. The highest BCUT2D eigenvalue weighted by atomic mass is 19.4. The minimum Gasteiger partial charge on any atom is -0.491 e. The third-order valence-corrected chi connectivity index (χ3v) is 2.98. The second-order valence-electron chi connectivity index (χ2n) is 4.48. The molecule has 0 saturated carbocycles. The maximum atomic E-state index is 12.9. The number of benzene rings is 1. The first kappa shape index (κ1) is 14.4. The van der Waals surface area contributed by atoms with E-state index in [1.807, 2.05) is 6.92 Å². The monoisotopic (exact) mass is 285 g/mol. The smallest absolute Gasteiger partial charge is 0.431 e. The van der Waals surface area contributed by atoms with E-state index in [1.54, 1.807) is 12.1 Å². The van der Waals surface area contributed by atoms with Crippen molar-refractivity contribution in [2.45, 2.75) is 26.4 Å². The number of pyridine rings is 1. The molecule has 0 bridgehead atoms. The van der Waals surface area contributed by atoms with Crippen LogP contribution in [0.5, 0.6) is 5.75 Å². The van der Waals surface area contributed by atoms with Crippen LogP contribution in [0.1, 0.15) is 24.6 Å². The fourth-order valence-electron chi connectivity index (χ4n) is 2.00. The number of nitrogens with one attached hydrogen (secondary N) is 1. The molecule has 2 aromatic rings. The van der Waals surface area contributed by atoms with Crippen molar-refractivity contribution in [3.8, 4) is 5.75 Å². The van der Waals surface area contributed by atoms with Crippen LogP contribution in [0.15, 0.2) is 23.0 Å². The highest BCUT2D eigenvalue weighted by Crippen LogP contribution is 2.32. The van der Waals surface area contributed by atoms with Crippen LogP contribution in [0.4, 0.5) is 13.2 Å². The van der Waals surface area contributed by atoms with Gasteiger partial charge in [-0.15, -0.1) is 0 Å². The summed E-state index contributed by atoms with van der Waals surface area (Å²) in [6.07, 6.45) is -3.88. The standard InChI is InChI=1S/C14H14F3NO2/c1-3-7-20-10-6-4-5-9-11(10)18-13(14(15,16)17)8(2)12(9)19/h4-6H,3,7H2,1-2H3,(H,18,19). The van der Waals surface area contributed by atoms with Gasteiger partial charge in [-0.05, 0) is 25.5 Å². The Balaban J connectivity index is 2.75. The van der Waals surface area contributed by atoms with Crippen molar-refractivity contribution >= 4 is 10.9 Å². The van der Waals surface area contributed by atoms with Gasteiger partial charge in [0.15, 0.2) is 5.43 Å². The number of alkyl halides is 3. The molecule has 1 aromatic heterocycles. The van der Waals surface area contributed by atoms with Gasteiger partial charge in [0.05, 0.1) is 12.1 Å². The average Bonchev–Trinajstić information content (AvgIpc) is 2.39. The van der Waals surface area contributed by atoms with E-state index in [1.165, 1.54) is 13.0 Å². The van der Waals surface area contributed by atoms with Crippen molar-refractivity contribution in [3.63, 3.8) is 0 Å². The number of hydrogen-bond donors (Lipinski definition) is 1. The van der Waals surface area contributed by atoms with E-state index in [2.05, 4.69) is 4.98 Å². The normalized spacial score (nSPS) is 11.8. The Kier molecular flexibility index (Phi) is 3.74. The summed E-state index contributed by atoms with van der Waals surface area (Å²) in [6, 6.07) is 4.62. The molecule has 20 heavy (non-hydrogen) atoms.